The first kappa shape index (κ1) is 12.0. The van der Waals surface area contributed by atoms with E-state index in [2.05, 4.69) is 5.43 Å². The fourth-order valence-electron chi connectivity index (χ4n) is 2.60. The van der Waals surface area contributed by atoms with Gasteiger partial charge in [0.25, 0.3) is 11.8 Å². The standard InChI is InChI=1S/C15H16N2O2/c1-10-6-8-11(9-7-10)16-17-14(18)12-4-2-3-5-13(12)15(17)19/h6-9,16H,2-5H2,1H3. The van der Waals surface area contributed by atoms with Gasteiger partial charge in [-0.05, 0) is 44.7 Å². The Labute approximate surface area is 112 Å². The molecule has 1 heterocycles. The molecule has 3 rings (SSSR count). The van der Waals surface area contributed by atoms with Gasteiger partial charge in [-0.15, -0.1) is 0 Å². The Bertz CT molecular complexity index is 544. The Kier molecular flexibility index (Phi) is 2.85. The number of amides is 2. The molecule has 2 aliphatic rings. The third-order valence-corrected chi connectivity index (χ3v) is 3.68. The van der Waals surface area contributed by atoms with E-state index in [0.717, 1.165) is 41.9 Å². The number of hydrogen-bond donors (Lipinski definition) is 1. The van der Waals surface area contributed by atoms with Gasteiger partial charge in [0.05, 0.1) is 5.69 Å². The molecule has 0 bridgehead atoms. The summed E-state index contributed by atoms with van der Waals surface area (Å²) < 4.78 is 0. The second-order valence-electron chi connectivity index (χ2n) is 5.09. The van der Waals surface area contributed by atoms with Gasteiger partial charge < -0.3 is 0 Å². The number of aryl methyl sites for hydroxylation is 1. The lowest BCUT2D eigenvalue weighted by Crippen LogP contribution is -2.37. The van der Waals surface area contributed by atoms with Gasteiger partial charge >= 0.3 is 0 Å². The fraction of sp³-hybridized carbons (Fsp3) is 0.333. The van der Waals surface area contributed by atoms with Crippen molar-refractivity contribution in [3.8, 4) is 0 Å². The predicted octanol–water partition coefficient (Wildman–Crippen LogP) is 2.56. The molecule has 0 unspecified atom stereocenters. The Morgan fingerprint density at radius 1 is 0.947 bits per heavy atom. The third kappa shape index (κ3) is 2.03. The number of hydrazine groups is 1. The molecule has 1 N–H and O–H groups in total. The first-order chi connectivity index (χ1) is 9.16. The van der Waals surface area contributed by atoms with Crippen LogP contribution in [0.4, 0.5) is 5.69 Å². The van der Waals surface area contributed by atoms with Crippen LogP contribution >= 0.6 is 0 Å². The monoisotopic (exact) mass is 256 g/mol. The summed E-state index contributed by atoms with van der Waals surface area (Å²) in [5.74, 6) is -0.361. The topological polar surface area (TPSA) is 49.4 Å². The normalized spacial score (nSPS) is 18.9. The zero-order chi connectivity index (χ0) is 13.4. The molecule has 0 saturated carbocycles. The molecule has 1 aromatic carbocycles. The van der Waals surface area contributed by atoms with E-state index >= 15 is 0 Å². The van der Waals surface area contributed by atoms with E-state index < -0.39 is 0 Å². The molecule has 4 heteroatoms. The first-order valence-corrected chi connectivity index (χ1v) is 6.61. The number of carbonyl (C=O) groups excluding carboxylic acids is 2. The van der Waals surface area contributed by atoms with Crippen LogP contribution in [0.3, 0.4) is 0 Å². The van der Waals surface area contributed by atoms with Crippen LogP contribution in [0.15, 0.2) is 35.4 Å². The highest BCUT2D eigenvalue weighted by Gasteiger charge is 2.39. The van der Waals surface area contributed by atoms with Crippen molar-refractivity contribution in [2.45, 2.75) is 32.6 Å². The molecule has 98 valence electrons. The molecular weight excluding hydrogens is 240 g/mol. The zero-order valence-electron chi connectivity index (χ0n) is 10.9. The summed E-state index contributed by atoms with van der Waals surface area (Å²) in [6, 6.07) is 7.63. The molecule has 0 saturated heterocycles. The van der Waals surface area contributed by atoms with E-state index in [4.69, 9.17) is 0 Å². The van der Waals surface area contributed by atoms with Gasteiger partial charge in [0.15, 0.2) is 0 Å². The molecule has 0 fully saturated rings. The predicted molar refractivity (Wildman–Crippen MR) is 72.1 cm³/mol. The number of anilines is 1. The lowest BCUT2D eigenvalue weighted by molar-refractivity contribution is -0.136. The van der Waals surface area contributed by atoms with Gasteiger partial charge in [-0.25, -0.2) is 0 Å². The minimum atomic E-state index is -0.180. The van der Waals surface area contributed by atoms with Crippen LogP contribution in [0.25, 0.3) is 0 Å². The van der Waals surface area contributed by atoms with E-state index in [1.54, 1.807) is 0 Å². The molecule has 19 heavy (non-hydrogen) atoms. The quantitative estimate of drug-likeness (QED) is 0.827. The van der Waals surface area contributed by atoms with Crippen molar-refractivity contribution >= 4 is 17.5 Å². The van der Waals surface area contributed by atoms with Crippen LogP contribution in [-0.4, -0.2) is 16.8 Å². The lowest BCUT2D eigenvalue weighted by atomic mass is 9.93. The van der Waals surface area contributed by atoms with Crippen molar-refractivity contribution in [2.75, 3.05) is 5.43 Å². The highest BCUT2D eigenvalue weighted by molar-refractivity contribution is 6.20. The molecule has 0 aromatic heterocycles. The lowest BCUT2D eigenvalue weighted by Gasteiger charge is -2.17. The molecular formula is C15H16N2O2. The summed E-state index contributed by atoms with van der Waals surface area (Å²) in [7, 11) is 0. The number of carbonyl (C=O) groups is 2. The van der Waals surface area contributed by atoms with Crippen molar-refractivity contribution in [1.82, 2.24) is 5.01 Å². The number of hydrogen-bond acceptors (Lipinski definition) is 3. The maximum absolute atomic E-state index is 12.2. The maximum atomic E-state index is 12.2. The summed E-state index contributed by atoms with van der Waals surface area (Å²) >= 11 is 0. The van der Waals surface area contributed by atoms with E-state index in [1.165, 1.54) is 0 Å². The molecule has 0 radical (unpaired) electrons. The summed E-state index contributed by atoms with van der Waals surface area (Å²) in [6.07, 6.45) is 3.45. The zero-order valence-corrected chi connectivity index (χ0v) is 10.9. The number of nitrogens with one attached hydrogen (secondary N) is 1. The fourth-order valence-corrected chi connectivity index (χ4v) is 2.60. The average molecular weight is 256 g/mol. The van der Waals surface area contributed by atoms with Gasteiger partial charge in [0.2, 0.25) is 0 Å². The highest BCUT2D eigenvalue weighted by Crippen LogP contribution is 2.32. The van der Waals surface area contributed by atoms with Gasteiger partial charge in [0.1, 0.15) is 0 Å². The van der Waals surface area contributed by atoms with E-state index in [-0.39, 0.29) is 11.8 Å². The van der Waals surface area contributed by atoms with Crippen molar-refractivity contribution in [2.24, 2.45) is 0 Å². The van der Waals surface area contributed by atoms with Gasteiger partial charge in [-0.2, -0.15) is 5.01 Å². The Morgan fingerprint density at radius 3 is 2.00 bits per heavy atom. The van der Waals surface area contributed by atoms with E-state index in [9.17, 15) is 9.59 Å². The molecule has 0 atom stereocenters. The molecule has 0 spiro atoms. The van der Waals surface area contributed by atoms with Crippen LogP contribution in [0.1, 0.15) is 31.2 Å². The van der Waals surface area contributed by atoms with Crippen LogP contribution < -0.4 is 5.43 Å². The largest absolute Gasteiger partial charge is 0.288 e. The van der Waals surface area contributed by atoms with Crippen molar-refractivity contribution in [3.05, 3.63) is 41.0 Å². The molecule has 4 nitrogen and oxygen atoms in total. The average Bonchev–Trinajstić information content (AvgIpc) is 2.67. The SMILES string of the molecule is Cc1ccc(NN2C(=O)C3=C(CCCC3)C2=O)cc1. The Hall–Kier alpha value is -2.10. The van der Waals surface area contributed by atoms with E-state index in [1.807, 2.05) is 31.2 Å². The second kappa shape index (κ2) is 4.53. The van der Waals surface area contributed by atoms with Crippen molar-refractivity contribution in [3.63, 3.8) is 0 Å². The summed E-state index contributed by atoms with van der Waals surface area (Å²) in [4.78, 5) is 24.4. The van der Waals surface area contributed by atoms with Crippen LogP contribution in [-0.2, 0) is 9.59 Å². The van der Waals surface area contributed by atoms with Gasteiger partial charge in [-0.3, -0.25) is 15.0 Å². The maximum Gasteiger partial charge on any atom is 0.276 e. The molecule has 1 aromatic rings. The number of imide groups is 1. The summed E-state index contributed by atoms with van der Waals surface area (Å²) in [5.41, 5.74) is 6.22. The first-order valence-electron chi connectivity index (χ1n) is 6.61. The van der Waals surface area contributed by atoms with Crippen LogP contribution in [0.2, 0.25) is 0 Å². The highest BCUT2D eigenvalue weighted by atomic mass is 16.2. The van der Waals surface area contributed by atoms with E-state index in [0.29, 0.717) is 11.1 Å². The number of benzene rings is 1. The van der Waals surface area contributed by atoms with Crippen LogP contribution in [0.5, 0.6) is 0 Å². The third-order valence-electron chi connectivity index (χ3n) is 3.68. The van der Waals surface area contributed by atoms with Crippen LogP contribution in [0, 0.1) is 6.92 Å². The van der Waals surface area contributed by atoms with Crippen molar-refractivity contribution in [1.29, 1.82) is 0 Å². The molecule has 2 amide bonds. The number of nitrogens with zero attached hydrogens (tertiary/aromatic N) is 1. The smallest absolute Gasteiger partial charge is 0.276 e. The second-order valence-corrected chi connectivity index (χ2v) is 5.09. The minimum Gasteiger partial charge on any atom is -0.288 e. The van der Waals surface area contributed by atoms with Gasteiger partial charge in [-0.1, -0.05) is 17.7 Å². The summed E-state index contributed by atoms with van der Waals surface area (Å²) in [6.45, 7) is 2.00. The van der Waals surface area contributed by atoms with Crippen molar-refractivity contribution < 1.29 is 9.59 Å². The van der Waals surface area contributed by atoms with Gasteiger partial charge in [0, 0.05) is 11.1 Å². The molecule has 1 aliphatic carbocycles. The Balaban J connectivity index is 1.82. The summed E-state index contributed by atoms with van der Waals surface area (Å²) in [5, 5.41) is 1.15. The molecule has 1 aliphatic heterocycles. The Morgan fingerprint density at radius 2 is 1.47 bits per heavy atom. The number of rotatable bonds is 2. The minimum absolute atomic E-state index is 0.180.